The van der Waals surface area contributed by atoms with Crippen molar-refractivity contribution in [1.82, 2.24) is 25.1 Å². The van der Waals surface area contributed by atoms with Gasteiger partial charge in [-0.3, -0.25) is 19.3 Å². The summed E-state index contributed by atoms with van der Waals surface area (Å²) in [6.45, 7) is 0.660. The molecule has 169 valence electrons. The first-order valence-corrected chi connectivity index (χ1v) is 12.3. The number of nitrogens with zero attached hydrogens (tertiary/aromatic N) is 3. The number of hydrogen-bond acceptors (Lipinski definition) is 7. The van der Waals surface area contributed by atoms with Crippen LogP contribution in [0.5, 0.6) is 0 Å². The number of aliphatic carboxylic acids is 1. The number of carboxylic acids is 1. The van der Waals surface area contributed by atoms with Gasteiger partial charge in [-0.25, -0.2) is 9.78 Å². The third-order valence-corrected chi connectivity index (χ3v) is 8.03. The Bertz CT molecular complexity index is 1060. The maximum Gasteiger partial charge on any atom is 0.352 e. The van der Waals surface area contributed by atoms with Crippen molar-refractivity contribution < 1.29 is 24.3 Å². The molecule has 4 heterocycles. The molecule has 1 aromatic rings. The average Bonchev–Trinajstić information content (AvgIpc) is 3.35. The van der Waals surface area contributed by atoms with Crippen molar-refractivity contribution in [3.63, 3.8) is 0 Å². The number of β-lactam (4-membered cyclic amide) rings is 1. The molecule has 3 N–H and O–H groups in total. The van der Waals surface area contributed by atoms with E-state index in [0.29, 0.717) is 41.1 Å². The Balaban J connectivity index is 0.00000259. The number of carbonyl (C=O) groups excluding carboxylic acids is 3. The van der Waals surface area contributed by atoms with Gasteiger partial charge < -0.3 is 20.3 Å². The quantitative estimate of drug-likeness (QED) is 0.210. The minimum absolute atomic E-state index is 0. The van der Waals surface area contributed by atoms with E-state index in [1.165, 1.54) is 28.4 Å². The van der Waals surface area contributed by atoms with Gasteiger partial charge in [0.05, 0.1) is 5.75 Å². The van der Waals surface area contributed by atoms with Crippen molar-refractivity contribution in [2.45, 2.75) is 41.9 Å². The molecule has 3 aliphatic heterocycles. The number of H-pyrrole nitrogens is 1. The Kier molecular flexibility index (Phi) is 7.29. The van der Waals surface area contributed by atoms with E-state index < -0.39 is 23.3 Å². The van der Waals surface area contributed by atoms with Crippen molar-refractivity contribution in [3.05, 3.63) is 35.3 Å². The molecule has 5 rings (SSSR count). The van der Waals surface area contributed by atoms with E-state index in [0.717, 1.165) is 12.8 Å². The minimum Gasteiger partial charge on any atom is -0.477 e. The second kappa shape index (κ2) is 9.87. The number of nitrogens with one attached hydrogen (secondary N) is 2. The summed E-state index contributed by atoms with van der Waals surface area (Å²) in [5.41, 5.74) is 0.961. The zero-order valence-electron chi connectivity index (χ0n) is 17.9. The molecular weight excluding hydrogens is 477 g/mol. The largest absolute Gasteiger partial charge is 0.477 e. The first kappa shape index (κ1) is 24.4. The number of carboxylic acid groups (broad SMARTS) is 1. The van der Waals surface area contributed by atoms with Crippen LogP contribution in [0, 0.1) is 0 Å². The van der Waals surface area contributed by atoms with Crippen LogP contribution in [0.4, 0.5) is 0 Å². The summed E-state index contributed by atoms with van der Waals surface area (Å²) in [5.74, 6) is -1.58. The van der Waals surface area contributed by atoms with Crippen LogP contribution >= 0.6 is 23.5 Å². The van der Waals surface area contributed by atoms with Crippen LogP contribution in [-0.2, 0) is 19.2 Å². The van der Waals surface area contributed by atoms with E-state index >= 15 is 0 Å². The number of carbonyl (C=O) groups is 4. The fraction of sp³-hybridized carbons (Fsp3) is 0.450. The summed E-state index contributed by atoms with van der Waals surface area (Å²) in [7, 11) is 0. The van der Waals surface area contributed by atoms with Gasteiger partial charge in [0.2, 0.25) is 11.8 Å². The summed E-state index contributed by atoms with van der Waals surface area (Å²) in [4.78, 5) is 59.7. The van der Waals surface area contributed by atoms with E-state index in [1.54, 1.807) is 18.5 Å². The normalized spacial score (nSPS) is 25.6. The molecule has 4 aliphatic rings. The fourth-order valence-electron chi connectivity index (χ4n) is 4.15. The number of likely N-dealkylation sites (tertiary alicyclic amines) is 1. The van der Waals surface area contributed by atoms with Crippen molar-refractivity contribution in [2.75, 3.05) is 18.1 Å². The van der Waals surface area contributed by atoms with Gasteiger partial charge in [-0.2, -0.15) is 0 Å². The predicted molar refractivity (Wildman–Crippen MR) is 122 cm³/mol. The molecule has 3 amide bonds. The van der Waals surface area contributed by atoms with Crippen LogP contribution in [0.3, 0.4) is 0 Å². The van der Waals surface area contributed by atoms with Gasteiger partial charge in [0.25, 0.3) is 5.91 Å². The van der Waals surface area contributed by atoms with Crippen LogP contribution < -0.4 is 5.32 Å². The van der Waals surface area contributed by atoms with Crippen molar-refractivity contribution in [2.24, 2.45) is 0 Å². The van der Waals surface area contributed by atoms with Crippen molar-refractivity contribution in [1.29, 1.82) is 0 Å². The van der Waals surface area contributed by atoms with E-state index in [9.17, 15) is 24.3 Å². The van der Waals surface area contributed by atoms with Crippen molar-refractivity contribution in [3.8, 4) is 0 Å². The fourth-order valence-corrected chi connectivity index (χ4v) is 6.09. The maximum absolute atomic E-state index is 12.8. The minimum atomic E-state index is -1.21. The molecule has 1 radical (unpaired) electrons. The smallest absolute Gasteiger partial charge is 0.352 e. The summed E-state index contributed by atoms with van der Waals surface area (Å²) in [5, 5.41) is 12.6. The molecule has 0 unspecified atom stereocenters. The van der Waals surface area contributed by atoms with Gasteiger partial charge >= 0.3 is 5.97 Å². The molecule has 2 atom stereocenters. The number of hydrogen-bond donors (Lipinski definition) is 3. The van der Waals surface area contributed by atoms with E-state index in [4.69, 9.17) is 0 Å². The Hall–Kier alpha value is -1.73. The van der Waals surface area contributed by atoms with Crippen LogP contribution in [0.2, 0.25) is 0 Å². The molecule has 3 fully saturated rings. The van der Waals surface area contributed by atoms with Crippen LogP contribution in [0.25, 0.3) is 0 Å². The number of imidazole rings is 1. The maximum atomic E-state index is 12.8. The Labute approximate surface area is 220 Å². The Morgan fingerprint density at radius 2 is 2.15 bits per heavy atom. The number of amides is 3. The second-order valence-electron chi connectivity index (χ2n) is 7.97. The van der Waals surface area contributed by atoms with Gasteiger partial charge in [-0.15, -0.1) is 11.8 Å². The molecule has 33 heavy (non-hydrogen) atoms. The van der Waals surface area contributed by atoms with Gasteiger partial charge in [-0.1, -0.05) is 11.8 Å². The topological polar surface area (TPSA) is 136 Å². The molecule has 0 aromatic carbocycles. The molecule has 13 heteroatoms. The van der Waals surface area contributed by atoms with E-state index in [1.807, 2.05) is 4.90 Å². The molecule has 1 aromatic heterocycles. The molecular formula is C20H21N5NaO5S2. The van der Waals surface area contributed by atoms with Gasteiger partial charge in [0.15, 0.2) is 5.16 Å². The number of aromatic amines is 1. The summed E-state index contributed by atoms with van der Waals surface area (Å²) >= 11 is 2.61. The van der Waals surface area contributed by atoms with E-state index in [2.05, 4.69) is 15.3 Å². The average molecular weight is 499 g/mol. The summed E-state index contributed by atoms with van der Waals surface area (Å²) < 4.78 is 0. The molecule has 0 bridgehead atoms. The molecule has 2 saturated heterocycles. The summed E-state index contributed by atoms with van der Waals surface area (Å²) in [6, 6.07) is -0.453. The molecule has 0 spiro atoms. The van der Waals surface area contributed by atoms with Gasteiger partial charge in [-0.05, 0) is 30.9 Å². The van der Waals surface area contributed by atoms with Gasteiger partial charge in [0.1, 0.15) is 17.1 Å². The molecule has 1 saturated carbocycles. The van der Waals surface area contributed by atoms with Gasteiger partial charge in [0, 0.05) is 65.9 Å². The number of aromatic nitrogens is 2. The number of thioether (sulfide) groups is 2. The zero-order chi connectivity index (χ0) is 22.4. The second-order valence-corrected chi connectivity index (χ2v) is 10.0. The van der Waals surface area contributed by atoms with Crippen LogP contribution in [0.1, 0.15) is 19.3 Å². The SMILES string of the molecule is O=C(CSc1ncc[nH]1)N[C@@H]1C(=O)N2C(C(=O)O)=C(C=C3CCN(C4CC4)C3=O)CS[C@H]12.[Na]. The third kappa shape index (κ3) is 4.76. The zero-order valence-corrected chi connectivity index (χ0v) is 21.6. The Morgan fingerprint density at radius 3 is 2.82 bits per heavy atom. The number of fused-ring (bicyclic) bond motifs is 1. The summed E-state index contributed by atoms with van der Waals surface area (Å²) in [6.07, 6.45) is 7.52. The van der Waals surface area contributed by atoms with Crippen LogP contribution in [-0.4, -0.2) is 114 Å². The third-order valence-electron chi connectivity index (χ3n) is 5.82. The first-order valence-electron chi connectivity index (χ1n) is 10.3. The first-order chi connectivity index (χ1) is 15.4. The molecule has 10 nitrogen and oxygen atoms in total. The molecule has 1 aliphatic carbocycles. The number of rotatable bonds is 7. The predicted octanol–water partition coefficient (Wildman–Crippen LogP) is 0.181. The standard InChI is InChI=1S/C20H21N5O5S2.Na/c26-13(9-32-20-21-4-5-22-20)23-14-17(28)25-15(19(29)30)11(8-31-18(14)25)7-10-3-6-24(16(10)27)12-1-2-12;/h4-5,7,12,14,18H,1-3,6,8-9H2,(H,21,22)(H,23,26)(H,29,30);/t14-,18-;/m1./s1. The number of allylic oxidation sites excluding steroid dienone is 1. The van der Waals surface area contributed by atoms with Crippen LogP contribution in [0.15, 0.2) is 40.5 Å². The van der Waals surface area contributed by atoms with Crippen molar-refractivity contribution >= 4 is 76.8 Å². The monoisotopic (exact) mass is 498 g/mol. The Morgan fingerprint density at radius 1 is 1.36 bits per heavy atom. The van der Waals surface area contributed by atoms with E-state index in [-0.39, 0.29) is 52.8 Å².